The summed E-state index contributed by atoms with van der Waals surface area (Å²) in [6, 6.07) is 3.85. The SMILES string of the molecule is NCC1(c2ccc(Cl)nc2)CC1. The smallest absolute Gasteiger partial charge is 0.129 e. The normalized spacial score (nSPS) is 19.2. The van der Waals surface area contributed by atoms with E-state index in [1.165, 1.54) is 18.4 Å². The minimum absolute atomic E-state index is 0.234. The van der Waals surface area contributed by atoms with Crippen LogP contribution in [0.3, 0.4) is 0 Å². The molecule has 0 aromatic carbocycles. The van der Waals surface area contributed by atoms with E-state index < -0.39 is 0 Å². The van der Waals surface area contributed by atoms with Crippen molar-refractivity contribution in [1.82, 2.24) is 4.98 Å². The summed E-state index contributed by atoms with van der Waals surface area (Å²) in [7, 11) is 0. The zero-order valence-electron chi connectivity index (χ0n) is 6.76. The zero-order chi connectivity index (χ0) is 8.60. The number of rotatable bonds is 2. The van der Waals surface area contributed by atoms with Gasteiger partial charge in [0.1, 0.15) is 5.15 Å². The highest BCUT2D eigenvalue weighted by Gasteiger charge is 2.42. The molecule has 1 aliphatic carbocycles. The second kappa shape index (κ2) is 2.71. The van der Waals surface area contributed by atoms with E-state index in [9.17, 15) is 0 Å². The number of aromatic nitrogens is 1. The van der Waals surface area contributed by atoms with Gasteiger partial charge in [-0.05, 0) is 24.5 Å². The molecule has 0 saturated heterocycles. The molecular formula is C9H11ClN2. The molecule has 0 atom stereocenters. The summed E-state index contributed by atoms with van der Waals surface area (Å²) in [4.78, 5) is 4.04. The summed E-state index contributed by atoms with van der Waals surface area (Å²) < 4.78 is 0. The van der Waals surface area contributed by atoms with Crippen molar-refractivity contribution in [2.75, 3.05) is 6.54 Å². The van der Waals surface area contributed by atoms with Gasteiger partial charge in [-0.2, -0.15) is 0 Å². The first-order valence-electron chi connectivity index (χ1n) is 4.09. The van der Waals surface area contributed by atoms with E-state index in [1.807, 2.05) is 18.3 Å². The molecule has 0 aliphatic heterocycles. The van der Waals surface area contributed by atoms with Crippen molar-refractivity contribution >= 4 is 11.6 Å². The Morgan fingerprint density at radius 2 is 2.25 bits per heavy atom. The predicted octanol–water partition coefficient (Wildman–Crippen LogP) is 1.73. The minimum Gasteiger partial charge on any atom is -0.330 e. The fourth-order valence-electron chi connectivity index (χ4n) is 1.45. The van der Waals surface area contributed by atoms with Crippen LogP contribution in [0.25, 0.3) is 0 Å². The molecule has 1 aromatic rings. The number of halogens is 1. The van der Waals surface area contributed by atoms with E-state index in [0.717, 1.165) is 6.54 Å². The largest absolute Gasteiger partial charge is 0.330 e. The quantitative estimate of drug-likeness (QED) is 0.708. The van der Waals surface area contributed by atoms with Crippen molar-refractivity contribution in [3.05, 3.63) is 29.0 Å². The van der Waals surface area contributed by atoms with Gasteiger partial charge in [-0.25, -0.2) is 4.98 Å². The number of nitrogens with zero attached hydrogens (tertiary/aromatic N) is 1. The van der Waals surface area contributed by atoms with Crippen molar-refractivity contribution in [1.29, 1.82) is 0 Å². The van der Waals surface area contributed by atoms with Crippen LogP contribution >= 0.6 is 11.6 Å². The Morgan fingerprint density at radius 1 is 1.50 bits per heavy atom. The predicted molar refractivity (Wildman–Crippen MR) is 49.2 cm³/mol. The van der Waals surface area contributed by atoms with Gasteiger partial charge in [0.25, 0.3) is 0 Å². The van der Waals surface area contributed by atoms with Gasteiger partial charge in [-0.1, -0.05) is 17.7 Å². The van der Waals surface area contributed by atoms with E-state index in [0.29, 0.717) is 5.15 Å². The third-order valence-electron chi connectivity index (χ3n) is 2.58. The highest BCUT2D eigenvalue weighted by molar-refractivity contribution is 6.29. The van der Waals surface area contributed by atoms with Crippen molar-refractivity contribution in [3.63, 3.8) is 0 Å². The number of pyridine rings is 1. The van der Waals surface area contributed by atoms with Gasteiger partial charge in [0.05, 0.1) is 0 Å². The van der Waals surface area contributed by atoms with Crippen LogP contribution < -0.4 is 5.73 Å². The summed E-state index contributed by atoms with van der Waals surface area (Å²) in [5.41, 5.74) is 7.14. The lowest BCUT2D eigenvalue weighted by atomic mass is 9.98. The van der Waals surface area contributed by atoms with Gasteiger partial charge in [0, 0.05) is 18.2 Å². The summed E-state index contributed by atoms with van der Waals surface area (Å²) in [5.74, 6) is 0. The maximum atomic E-state index is 5.68. The van der Waals surface area contributed by atoms with Crippen LogP contribution in [0.1, 0.15) is 18.4 Å². The van der Waals surface area contributed by atoms with Crippen LogP contribution in [0.4, 0.5) is 0 Å². The van der Waals surface area contributed by atoms with Gasteiger partial charge in [-0.15, -0.1) is 0 Å². The molecule has 1 fully saturated rings. The summed E-state index contributed by atoms with van der Waals surface area (Å²) in [5, 5.41) is 0.548. The van der Waals surface area contributed by atoms with Gasteiger partial charge in [0.2, 0.25) is 0 Å². The molecular weight excluding hydrogens is 172 g/mol. The lowest BCUT2D eigenvalue weighted by molar-refractivity contribution is 0.701. The first-order chi connectivity index (χ1) is 5.77. The summed E-state index contributed by atoms with van der Waals surface area (Å²) in [6.07, 6.45) is 4.21. The standard InChI is InChI=1S/C9H11ClN2/c10-8-2-1-7(5-12-8)9(6-11)3-4-9/h1-2,5H,3-4,6,11H2. The molecule has 1 saturated carbocycles. The zero-order valence-corrected chi connectivity index (χ0v) is 7.51. The monoisotopic (exact) mass is 182 g/mol. The summed E-state index contributed by atoms with van der Waals surface area (Å²) >= 11 is 5.68. The maximum absolute atomic E-state index is 5.68. The molecule has 0 amide bonds. The average Bonchev–Trinajstić information content (AvgIpc) is 2.86. The summed E-state index contributed by atoms with van der Waals surface area (Å²) in [6.45, 7) is 0.719. The Bertz CT molecular complexity index is 277. The average molecular weight is 183 g/mol. The first kappa shape index (κ1) is 8.02. The lowest BCUT2D eigenvalue weighted by Gasteiger charge is -2.11. The van der Waals surface area contributed by atoms with Crippen molar-refractivity contribution in [2.24, 2.45) is 5.73 Å². The molecule has 0 bridgehead atoms. The molecule has 2 N–H and O–H groups in total. The minimum atomic E-state index is 0.234. The van der Waals surface area contributed by atoms with E-state index in [1.54, 1.807) is 0 Å². The fourth-order valence-corrected chi connectivity index (χ4v) is 1.56. The molecule has 0 spiro atoms. The van der Waals surface area contributed by atoms with Gasteiger partial charge in [-0.3, -0.25) is 0 Å². The Hall–Kier alpha value is -0.600. The molecule has 2 nitrogen and oxygen atoms in total. The van der Waals surface area contributed by atoms with Crippen LogP contribution in [0.2, 0.25) is 5.15 Å². The van der Waals surface area contributed by atoms with Crippen molar-refractivity contribution < 1.29 is 0 Å². The van der Waals surface area contributed by atoms with Gasteiger partial charge >= 0.3 is 0 Å². The molecule has 1 aromatic heterocycles. The van der Waals surface area contributed by atoms with Crippen molar-refractivity contribution in [3.8, 4) is 0 Å². The van der Waals surface area contributed by atoms with Gasteiger partial charge in [0.15, 0.2) is 0 Å². The third-order valence-corrected chi connectivity index (χ3v) is 2.81. The molecule has 0 unspecified atom stereocenters. The van der Waals surface area contributed by atoms with Crippen molar-refractivity contribution in [2.45, 2.75) is 18.3 Å². The molecule has 3 heteroatoms. The second-order valence-electron chi connectivity index (χ2n) is 3.35. The molecule has 1 aliphatic rings. The van der Waals surface area contributed by atoms with Crippen LogP contribution in [0, 0.1) is 0 Å². The van der Waals surface area contributed by atoms with E-state index >= 15 is 0 Å². The van der Waals surface area contributed by atoms with E-state index in [-0.39, 0.29) is 5.41 Å². The second-order valence-corrected chi connectivity index (χ2v) is 3.74. The van der Waals surface area contributed by atoms with Gasteiger partial charge < -0.3 is 5.73 Å². The van der Waals surface area contributed by atoms with Crippen LogP contribution in [0.15, 0.2) is 18.3 Å². The maximum Gasteiger partial charge on any atom is 0.129 e. The fraction of sp³-hybridized carbons (Fsp3) is 0.444. The highest BCUT2D eigenvalue weighted by atomic mass is 35.5. The number of hydrogen-bond acceptors (Lipinski definition) is 2. The number of nitrogens with two attached hydrogens (primary N) is 1. The molecule has 1 heterocycles. The third kappa shape index (κ3) is 1.21. The van der Waals surface area contributed by atoms with E-state index in [2.05, 4.69) is 4.98 Å². The molecule has 12 heavy (non-hydrogen) atoms. The number of hydrogen-bond donors (Lipinski definition) is 1. The Labute approximate surface area is 76.7 Å². The van der Waals surface area contributed by atoms with Crippen LogP contribution in [0.5, 0.6) is 0 Å². The highest BCUT2D eigenvalue weighted by Crippen LogP contribution is 2.46. The topological polar surface area (TPSA) is 38.9 Å². The Balaban J connectivity index is 2.29. The Morgan fingerprint density at radius 3 is 2.67 bits per heavy atom. The molecule has 64 valence electrons. The lowest BCUT2D eigenvalue weighted by Crippen LogP contribution is -2.19. The molecule has 2 rings (SSSR count). The Kier molecular flexibility index (Phi) is 1.81. The first-order valence-corrected chi connectivity index (χ1v) is 4.47. The van der Waals surface area contributed by atoms with Crippen LogP contribution in [-0.4, -0.2) is 11.5 Å². The van der Waals surface area contributed by atoms with Crippen LogP contribution in [-0.2, 0) is 5.41 Å². The van der Waals surface area contributed by atoms with E-state index in [4.69, 9.17) is 17.3 Å². The molecule has 0 radical (unpaired) electrons.